The number of nitrogens with one attached hydrogen (secondary N) is 1. The molecule has 0 aliphatic rings. The van der Waals surface area contributed by atoms with Gasteiger partial charge in [0.15, 0.2) is 0 Å². The van der Waals surface area contributed by atoms with E-state index in [1.807, 2.05) is 0 Å². The van der Waals surface area contributed by atoms with Crippen molar-refractivity contribution in [3.8, 4) is 12.3 Å². The average molecular weight is 296 g/mol. The molecule has 88 valence electrons. The van der Waals surface area contributed by atoms with Crippen molar-refractivity contribution in [1.82, 2.24) is 0 Å². The summed E-state index contributed by atoms with van der Waals surface area (Å²) in [5, 5.41) is 11.5. The van der Waals surface area contributed by atoms with Crippen LogP contribution >= 0.6 is 15.9 Å². The number of benzene rings is 1. The molecule has 4 nitrogen and oxygen atoms in total. The molecule has 0 bridgehead atoms. The Morgan fingerprint density at radius 1 is 1.47 bits per heavy atom. The molecule has 2 N–H and O–H groups in total. The molecular weight excluding hydrogens is 286 g/mol. The molecule has 1 aromatic carbocycles. The van der Waals surface area contributed by atoms with Crippen LogP contribution in [0.3, 0.4) is 0 Å². The molecule has 0 radical (unpaired) electrons. The number of terminal acetylenes is 1. The van der Waals surface area contributed by atoms with Crippen molar-refractivity contribution in [3.05, 3.63) is 28.2 Å². The Labute approximate surface area is 107 Å². The summed E-state index contributed by atoms with van der Waals surface area (Å²) in [5.74, 6) is 1.07. The predicted molar refractivity (Wildman–Crippen MR) is 67.8 cm³/mol. The van der Waals surface area contributed by atoms with Crippen LogP contribution in [0.4, 0.5) is 5.69 Å². The lowest BCUT2D eigenvalue weighted by Gasteiger charge is -2.06. The van der Waals surface area contributed by atoms with E-state index in [-0.39, 0.29) is 17.9 Å². The zero-order chi connectivity index (χ0) is 12.8. The van der Waals surface area contributed by atoms with E-state index in [2.05, 4.69) is 27.2 Å². The molecule has 5 heteroatoms. The van der Waals surface area contributed by atoms with Crippen LogP contribution in [0.1, 0.15) is 23.2 Å². The Balaban J connectivity index is 2.80. The van der Waals surface area contributed by atoms with E-state index in [1.54, 1.807) is 12.1 Å². The number of carboxylic acid groups (broad SMARTS) is 1. The van der Waals surface area contributed by atoms with E-state index < -0.39 is 5.97 Å². The second kappa shape index (κ2) is 6.06. The highest BCUT2D eigenvalue weighted by molar-refractivity contribution is 9.10. The van der Waals surface area contributed by atoms with Crippen LogP contribution in [-0.2, 0) is 4.79 Å². The average Bonchev–Trinajstić information content (AvgIpc) is 2.28. The number of anilines is 1. The largest absolute Gasteiger partial charge is 0.478 e. The Bertz CT molecular complexity index is 491. The zero-order valence-corrected chi connectivity index (χ0v) is 10.5. The number of hydrogen-bond acceptors (Lipinski definition) is 2. The van der Waals surface area contributed by atoms with Crippen LogP contribution in [0.2, 0.25) is 0 Å². The van der Waals surface area contributed by atoms with Gasteiger partial charge in [0.2, 0.25) is 5.91 Å². The van der Waals surface area contributed by atoms with E-state index in [0.29, 0.717) is 16.6 Å². The highest BCUT2D eigenvalue weighted by Gasteiger charge is 2.10. The minimum atomic E-state index is -1.06. The number of aromatic carboxylic acids is 1. The lowest BCUT2D eigenvalue weighted by Crippen LogP contribution is -2.11. The van der Waals surface area contributed by atoms with Crippen LogP contribution in [0, 0.1) is 12.3 Å². The van der Waals surface area contributed by atoms with Crippen LogP contribution in [-0.4, -0.2) is 17.0 Å². The number of carbonyl (C=O) groups excluding carboxylic acids is 1. The summed E-state index contributed by atoms with van der Waals surface area (Å²) >= 11 is 3.12. The van der Waals surface area contributed by atoms with Crippen molar-refractivity contribution in [3.63, 3.8) is 0 Å². The number of carboxylic acids is 1. The van der Waals surface area contributed by atoms with Crippen molar-refractivity contribution in [2.75, 3.05) is 5.32 Å². The molecule has 0 aliphatic carbocycles. The summed E-state index contributed by atoms with van der Waals surface area (Å²) in [6.07, 6.45) is 5.61. The third kappa shape index (κ3) is 3.93. The molecular formula is C12H10BrNO3. The second-order valence-electron chi connectivity index (χ2n) is 3.25. The summed E-state index contributed by atoms with van der Waals surface area (Å²) in [6, 6.07) is 4.57. The van der Waals surface area contributed by atoms with E-state index in [4.69, 9.17) is 11.5 Å². The van der Waals surface area contributed by atoms with Gasteiger partial charge in [-0.15, -0.1) is 12.3 Å². The SMILES string of the molecule is C#CCCC(=O)Nc1ccc(Br)c(C(=O)O)c1. The molecule has 0 atom stereocenters. The molecule has 1 aromatic rings. The molecule has 0 fully saturated rings. The number of amides is 1. The monoisotopic (exact) mass is 295 g/mol. The van der Waals surface area contributed by atoms with Gasteiger partial charge in [0.25, 0.3) is 0 Å². The van der Waals surface area contributed by atoms with Crippen molar-refractivity contribution in [1.29, 1.82) is 0 Å². The number of carbonyl (C=O) groups is 2. The molecule has 17 heavy (non-hydrogen) atoms. The first kappa shape index (κ1) is 13.3. The summed E-state index contributed by atoms with van der Waals surface area (Å²) in [7, 11) is 0. The molecule has 0 unspecified atom stereocenters. The van der Waals surface area contributed by atoms with Gasteiger partial charge in [0.1, 0.15) is 0 Å². The van der Waals surface area contributed by atoms with Gasteiger partial charge in [-0.05, 0) is 34.1 Å². The van der Waals surface area contributed by atoms with Gasteiger partial charge in [0.05, 0.1) is 5.56 Å². The molecule has 0 aliphatic heterocycles. The predicted octanol–water partition coefficient (Wildman–Crippen LogP) is 2.50. The third-order valence-electron chi connectivity index (χ3n) is 1.98. The van der Waals surface area contributed by atoms with Gasteiger partial charge in [-0.3, -0.25) is 4.79 Å². The molecule has 1 rings (SSSR count). The zero-order valence-electron chi connectivity index (χ0n) is 8.87. The molecule has 0 saturated heterocycles. The molecule has 0 aromatic heterocycles. The second-order valence-corrected chi connectivity index (χ2v) is 4.11. The molecule has 0 spiro atoms. The highest BCUT2D eigenvalue weighted by atomic mass is 79.9. The van der Waals surface area contributed by atoms with Crippen LogP contribution in [0.25, 0.3) is 0 Å². The maximum atomic E-state index is 11.4. The van der Waals surface area contributed by atoms with Crippen LogP contribution in [0.15, 0.2) is 22.7 Å². The number of rotatable bonds is 4. The summed E-state index contributed by atoms with van der Waals surface area (Å²) in [5.41, 5.74) is 0.535. The molecule has 0 heterocycles. The number of hydrogen-bond donors (Lipinski definition) is 2. The van der Waals surface area contributed by atoms with Crippen molar-refractivity contribution in [2.45, 2.75) is 12.8 Å². The minimum Gasteiger partial charge on any atom is -0.478 e. The summed E-state index contributed by atoms with van der Waals surface area (Å²) in [4.78, 5) is 22.2. The van der Waals surface area contributed by atoms with E-state index >= 15 is 0 Å². The van der Waals surface area contributed by atoms with Crippen molar-refractivity contribution >= 4 is 33.5 Å². The first-order chi connectivity index (χ1) is 8.04. The van der Waals surface area contributed by atoms with E-state index in [9.17, 15) is 9.59 Å². The van der Waals surface area contributed by atoms with Gasteiger partial charge in [-0.2, -0.15) is 0 Å². The van der Waals surface area contributed by atoms with Crippen molar-refractivity contribution < 1.29 is 14.7 Å². The van der Waals surface area contributed by atoms with E-state index in [0.717, 1.165) is 0 Å². The topological polar surface area (TPSA) is 66.4 Å². The number of halogens is 1. The first-order valence-corrected chi connectivity index (χ1v) is 5.60. The standard InChI is InChI=1S/C12H10BrNO3/c1-2-3-4-11(15)14-8-5-6-10(13)9(7-8)12(16)17/h1,5-7H,3-4H2,(H,14,15)(H,16,17). The fourth-order valence-corrected chi connectivity index (χ4v) is 1.59. The Morgan fingerprint density at radius 3 is 2.76 bits per heavy atom. The maximum absolute atomic E-state index is 11.4. The normalized spacial score (nSPS) is 9.41. The van der Waals surface area contributed by atoms with Crippen LogP contribution in [0.5, 0.6) is 0 Å². The van der Waals surface area contributed by atoms with Gasteiger partial charge in [-0.1, -0.05) is 0 Å². The van der Waals surface area contributed by atoms with Gasteiger partial charge >= 0.3 is 5.97 Å². The third-order valence-corrected chi connectivity index (χ3v) is 2.67. The molecule has 0 saturated carbocycles. The first-order valence-electron chi connectivity index (χ1n) is 4.80. The Morgan fingerprint density at radius 2 is 2.18 bits per heavy atom. The van der Waals surface area contributed by atoms with E-state index in [1.165, 1.54) is 6.07 Å². The fraction of sp³-hybridized carbons (Fsp3) is 0.167. The smallest absolute Gasteiger partial charge is 0.336 e. The molecule has 1 amide bonds. The van der Waals surface area contributed by atoms with Crippen molar-refractivity contribution in [2.24, 2.45) is 0 Å². The highest BCUT2D eigenvalue weighted by Crippen LogP contribution is 2.21. The van der Waals surface area contributed by atoms with Crippen LogP contribution < -0.4 is 5.32 Å². The lowest BCUT2D eigenvalue weighted by molar-refractivity contribution is -0.116. The minimum absolute atomic E-state index is 0.0970. The Kier molecular flexibility index (Phi) is 4.73. The maximum Gasteiger partial charge on any atom is 0.336 e. The van der Waals surface area contributed by atoms with Gasteiger partial charge < -0.3 is 10.4 Å². The fourth-order valence-electron chi connectivity index (χ4n) is 1.18. The van der Waals surface area contributed by atoms with Gasteiger partial charge in [-0.25, -0.2) is 4.79 Å². The summed E-state index contributed by atoms with van der Waals surface area (Å²) < 4.78 is 0.464. The quantitative estimate of drug-likeness (QED) is 0.839. The van der Waals surface area contributed by atoms with Gasteiger partial charge in [0, 0.05) is 23.0 Å². The Hall–Kier alpha value is -1.80. The summed E-state index contributed by atoms with van der Waals surface area (Å²) in [6.45, 7) is 0. The lowest BCUT2D eigenvalue weighted by atomic mass is 10.2.